The van der Waals surface area contributed by atoms with Crippen molar-refractivity contribution in [3.05, 3.63) is 0 Å². The van der Waals surface area contributed by atoms with E-state index in [1.807, 2.05) is 0 Å². The van der Waals surface area contributed by atoms with Gasteiger partial charge in [-0.15, -0.1) is 0 Å². The zero-order valence-corrected chi connectivity index (χ0v) is 18.0. The Morgan fingerprint density at radius 3 is 1.33 bits per heavy atom. The van der Waals surface area contributed by atoms with Crippen molar-refractivity contribution < 1.29 is 19.7 Å². The zero-order valence-electron chi connectivity index (χ0n) is 18.0. The number of aliphatic hydroxyl groups is 2. The Bertz CT molecular complexity index is 255. The summed E-state index contributed by atoms with van der Waals surface area (Å²) in [4.78, 5) is 2.37. The van der Waals surface area contributed by atoms with Gasteiger partial charge in [0.15, 0.2) is 0 Å². The molecule has 0 atom stereocenters. The summed E-state index contributed by atoms with van der Waals surface area (Å²) in [6.07, 6.45) is 16.4. The van der Waals surface area contributed by atoms with E-state index in [1.165, 1.54) is 77.0 Å². The second-order valence-electron chi connectivity index (χ2n) is 7.40. The molecule has 164 valence electrons. The second kappa shape index (κ2) is 23.8. The molecule has 0 heterocycles. The molecule has 0 aliphatic heterocycles. The molecule has 0 aliphatic carbocycles. The Kier molecular flexibility index (Phi) is 23.7. The van der Waals surface area contributed by atoms with Crippen LogP contribution in [0.3, 0.4) is 0 Å². The van der Waals surface area contributed by atoms with E-state index < -0.39 is 0 Å². The van der Waals surface area contributed by atoms with Gasteiger partial charge in [-0.3, -0.25) is 4.90 Å². The number of ether oxygens (including phenoxy) is 2. The van der Waals surface area contributed by atoms with E-state index in [9.17, 15) is 0 Å². The topological polar surface area (TPSA) is 62.2 Å². The normalized spacial score (nSPS) is 11.6. The number of hydrogen-bond acceptors (Lipinski definition) is 5. The molecule has 0 amide bonds. The summed E-state index contributed by atoms with van der Waals surface area (Å²) in [5.41, 5.74) is 0. The number of rotatable bonds is 23. The highest BCUT2D eigenvalue weighted by Gasteiger charge is 2.05. The lowest BCUT2D eigenvalue weighted by atomic mass is 10.1. The van der Waals surface area contributed by atoms with Crippen LogP contribution in [-0.2, 0) is 9.47 Å². The maximum atomic E-state index is 8.78. The molecule has 0 bridgehead atoms. The third-order valence-electron chi connectivity index (χ3n) is 4.90. The van der Waals surface area contributed by atoms with Crippen LogP contribution >= 0.6 is 0 Å². The minimum atomic E-state index is 0.0817. The fraction of sp³-hybridized carbons (Fsp3) is 1.00. The highest BCUT2D eigenvalue weighted by molar-refractivity contribution is 4.58. The summed E-state index contributed by atoms with van der Waals surface area (Å²) >= 11 is 0. The van der Waals surface area contributed by atoms with E-state index in [-0.39, 0.29) is 13.2 Å². The van der Waals surface area contributed by atoms with Gasteiger partial charge in [0.05, 0.1) is 39.6 Å². The highest BCUT2D eigenvalue weighted by Crippen LogP contribution is 2.12. The van der Waals surface area contributed by atoms with Crippen LogP contribution in [0.4, 0.5) is 0 Å². The summed E-state index contributed by atoms with van der Waals surface area (Å²) in [6, 6.07) is 0. The van der Waals surface area contributed by atoms with Gasteiger partial charge in [0, 0.05) is 13.1 Å². The van der Waals surface area contributed by atoms with Crippen LogP contribution < -0.4 is 0 Å². The monoisotopic (exact) mass is 389 g/mol. The van der Waals surface area contributed by atoms with Crippen molar-refractivity contribution in [3.8, 4) is 0 Å². The predicted octanol–water partition coefficient (Wildman–Crippen LogP) is 4.01. The smallest absolute Gasteiger partial charge is 0.0698 e. The maximum Gasteiger partial charge on any atom is 0.0698 e. The van der Waals surface area contributed by atoms with Crippen molar-refractivity contribution in [2.24, 2.45) is 0 Å². The summed E-state index contributed by atoms with van der Waals surface area (Å²) in [5, 5.41) is 17.6. The van der Waals surface area contributed by atoms with Crippen molar-refractivity contribution in [2.45, 2.75) is 84.0 Å². The lowest BCUT2D eigenvalue weighted by Crippen LogP contribution is -2.32. The van der Waals surface area contributed by atoms with Crippen molar-refractivity contribution in [1.82, 2.24) is 4.90 Å². The summed E-state index contributed by atoms with van der Waals surface area (Å²) in [5.74, 6) is 0. The second-order valence-corrected chi connectivity index (χ2v) is 7.40. The van der Waals surface area contributed by atoms with Gasteiger partial charge in [-0.2, -0.15) is 0 Å². The van der Waals surface area contributed by atoms with Crippen LogP contribution in [0.1, 0.15) is 84.0 Å². The van der Waals surface area contributed by atoms with Gasteiger partial charge < -0.3 is 19.7 Å². The van der Waals surface area contributed by atoms with Gasteiger partial charge in [-0.05, 0) is 13.0 Å². The van der Waals surface area contributed by atoms with E-state index in [1.54, 1.807) is 0 Å². The van der Waals surface area contributed by atoms with Gasteiger partial charge in [0.25, 0.3) is 0 Å². The van der Waals surface area contributed by atoms with E-state index in [2.05, 4.69) is 11.8 Å². The molecule has 27 heavy (non-hydrogen) atoms. The van der Waals surface area contributed by atoms with Gasteiger partial charge in [0.1, 0.15) is 0 Å². The van der Waals surface area contributed by atoms with E-state index in [4.69, 9.17) is 19.7 Å². The van der Waals surface area contributed by atoms with Crippen LogP contribution in [0.5, 0.6) is 0 Å². The lowest BCUT2D eigenvalue weighted by Gasteiger charge is -2.22. The van der Waals surface area contributed by atoms with Crippen LogP contribution in [0.2, 0.25) is 0 Å². The molecule has 5 nitrogen and oxygen atoms in total. The Balaban J connectivity index is 3.54. The predicted molar refractivity (Wildman–Crippen MR) is 113 cm³/mol. The molecule has 5 heteroatoms. The molecule has 0 aromatic rings. The first kappa shape index (κ1) is 26.8. The highest BCUT2D eigenvalue weighted by atomic mass is 16.5. The van der Waals surface area contributed by atoms with Gasteiger partial charge in [-0.25, -0.2) is 0 Å². The molecular formula is C22H47NO4. The first-order chi connectivity index (χ1) is 13.3. The molecule has 2 N–H and O–H groups in total. The minimum absolute atomic E-state index is 0.0817. The fourth-order valence-corrected chi connectivity index (χ4v) is 3.23. The standard InChI is InChI=1S/C22H47NO4/c1-2-3-4-5-6-7-8-9-10-11-12-13-14-23(15-19-26-21-17-24)16-20-27-22-18-25/h24-25H,2-22H2,1H3. The first-order valence-electron chi connectivity index (χ1n) is 11.4. The molecule has 0 fully saturated rings. The van der Waals surface area contributed by atoms with E-state index in [0.717, 1.165) is 19.6 Å². The zero-order chi connectivity index (χ0) is 19.8. The fourth-order valence-electron chi connectivity index (χ4n) is 3.23. The van der Waals surface area contributed by atoms with Gasteiger partial charge in [-0.1, -0.05) is 77.6 Å². The Morgan fingerprint density at radius 2 is 0.926 bits per heavy atom. The number of aliphatic hydroxyl groups excluding tert-OH is 2. The average Bonchev–Trinajstić information content (AvgIpc) is 2.68. The van der Waals surface area contributed by atoms with E-state index in [0.29, 0.717) is 26.4 Å². The maximum absolute atomic E-state index is 8.78. The average molecular weight is 390 g/mol. The largest absolute Gasteiger partial charge is 0.394 e. The molecule has 0 spiro atoms. The Morgan fingerprint density at radius 1 is 0.519 bits per heavy atom. The number of nitrogens with zero attached hydrogens (tertiary/aromatic N) is 1. The molecule has 0 aliphatic rings. The molecule has 0 radical (unpaired) electrons. The van der Waals surface area contributed by atoms with Crippen molar-refractivity contribution in [1.29, 1.82) is 0 Å². The molecule has 0 aromatic heterocycles. The first-order valence-corrected chi connectivity index (χ1v) is 11.4. The molecule has 0 aromatic carbocycles. The molecule has 0 saturated carbocycles. The Hall–Kier alpha value is -0.200. The SMILES string of the molecule is CCCCCCCCCCCCCCN(CCOCCO)CCOCCO. The number of unbranched alkanes of at least 4 members (excludes halogenated alkanes) is 11. The minimum Gasteiger partial charge on any atom is -0.394 e. The van der Waals surface area contributed by atoms with Gasteiger partial charge in [0.2, 0.25) is 0 Å². The van der Waals surface area contributed by atoms with Crippen molar-refractivity contribution in [3.63, 3.8) is 0 Å². The lowest BCUT2D eigenvalue weighted by molar-refractivity contribution is 0.0503. The quantitative estimate of drug-likeness (QED) is 0.259. The van der Waals surface area contributed by atoms with Crippen LogP contribution in [0, 0.1) is 0 Å². The summed E-state index contributed by atoms with van der Waals surface area (Å²) in [7, 11) is 0. The molecule has 0 saturated heterocycles. The molecular weight excluding hydrogens is 342 g/mol. The molecule has 0 rings (SSSR count). The third kappa shape index (κ3) is 22.0. The van der Waals surface area contributed by atoms with Crippen LogP contribution in [0.15, 0.2) is 0 Å². The summed E-state index contributed by atoms with van der Waals surface area (Å²) < 4.78 is 10.8. The van der Waals surface area contributed by atoms with Gasteiger partial charge >= 0.3 is 0 Å². The molecule has 0 unspecified atom stereocenters. The van der Waals surface area contributed by atoms with Crippen LogP contribution in [0.25, 0.3) is 0 Å². The van der Waals surface area contributed by atoms with Crippen molar-refractivity contribution >= 4 is 0 Å². The van der Waals surface area contributed by atoms with E-state index >= 15 is 0 Å². The number of hydrogen-bond donors (Lipinski definition) is 2. The third-order valence-corrected chi connectivity index (χ3v) is 4.90. The van der Waals surface area contributed by atoms with Crippen LogP contribution in [-0.4, -0.2) is 74.4 Å². The van der Waals surface area contributed by atoms with Crippen molar-refractivity contribution in [2.75, 3.05) is 59.3 Å². The summed E-state index contributed by atoms with van der Waals surface area (Å²) in [6.45, 7) is 7.38. The Labute approximate surface area is 168 Å².